The van der Waals surface area contributed by atoms with Crippen LogP contribution in [-0.4, -0.2) is 56.8 Å². The number of carbonyl (C=O) groups excluding carboxylic acids is 1. The molecule has 1 aromatic carbocycles. The van der Waals surface area contributed by atoms with Gasteiger partial charge in [0.2, 0.25) is 5.91 Å². The number of rotatable bonds is 8. The molecule has 3 rings (SSSR count). The van der Waals surface area contributed by atoms with Crippen LogP contribution in [0.25, 0.3) is 0 Å². The van der Waals surface area contributed by atoms with Crippen molar-refractivity contribution in [1.29, 1.82) is 0 Å². The Morgan fingerprint density at radius 3 is 2.79 bits per heavy atom. The number of carbonyl (C=O) groups is 1. The Hall–Kier alpha value is -1.64. The average molecular weight is 438 g/mol. The fourth-order valence-electron chi connectivity index (χ4n) is 3.33. The summed E-state index contributed by atoms with van der Waals surface area (Å²) in [5, 5.41) is 9.05. The van der Waals surface area contributed by atoms with E-state index >= 15 is 0 Å². The maximum atomic E-state index is 12.8. The number of nitrogens with zero attached hydrogens (tertiary/aromatic N) is 1. The summed E-state index contributed by atoms with van der Waals surface area (Å²) in [4.78, 5) is 16.5. The van der Waals surface area contributed by atoms with Gasteiger partial charge in [0.1, 0.15) is 5.75 Å². The van der Waals surface area contributed by atoms with Crippen molar-refractivity contribution < 1.29 is 14.3 Å². The number of amides is 1. The van der Waals surface area contributed by atoms with Crippen molar-refractivity contribution >= 4 is 34.5 Å². The Bertz CT molecular complexity index is 810. The molecule has 1 aromatic heterocycles. The molecule has 2 atom stereocenters. The minimum atomic E-state index is -0.362. The van der Waals surface area contributed by atoms with Gasteiger partial charge in [0.25, 0.3) is 0 Å². The molecule has 1 saturated heterocycles. The summed E-state index contributed by atoms with van der Waals surface area (Å²) in [6.45, 7) is 7.73. The molecule has 2 unspecified atom stereocenters. The van der Waals surface area contributed by atoms with Crippen LogP contribution in [0.3, 0.4) is 0 Å². The van der Waals surface area contributed by atoms with Crippen LogP contribution in [0.2, 0.25) is 5.02 Å². The Balaban J connectivity index is 1.63. The van der Waals surface area contributed by atoms with Gasteiger partial charge in [0, 0.05) is 35.6 Å². The zero-order chi connectivity index (χ0) is 20.8. The van der Waals surface area contributed by atoms with E-state index in [1.807, 2.05) is 19.9 Å². The molecular weight excluding hydrogens is 410 g/mol. The van der Waals surface area contributed by atoms with E-state index < -0.39 is 0 Å². The van der Waals surface area contributed by atoms with Crippen LogP contribution >= 0.6 is 22.9 Å². The first kappa shape index (κ1) is 22.1. The number of benzene rings is 1. The first-order chi connectivity index (χ1) is 14.0. The summed E-state index contributed by atoms with van der Waals surface area (Å²) < 4.78 is 10.8. The Labute approximate surface area is 181 Å². The minimum Gasteiger partial charge on any atom is -0.495 e. The number of thiophene rings is 1. The second-order valence-electron chi connectivity index (χ2n) is 7.10. The number of anilines is 1. The lowest BCUT2D eigenvalue weighted by molar-refractivity contribution is -0.117. The van der Waals surface area contributed by atoms with Gasteiger partial charge >= 0.3 is 0 Å². The van der Waals surface area contributed by atoms with E-state index in [0.29, 0.717) is 23.0 Å². The number of ether oxygens (including phenoxy) is 2. The molecule has 29 heavy (non-hydrogen) atoms. The first-order valence-corrected chi connectivity index (χ1v) is 11.0. The summed E-state index contributed by atoms with van der Waals surface area (Å²) in [6.07, 6.45) is 0. The molecule has 1 fully saturated rings. The first-order valence-electron chi connectivity index (χ1n) is 9.73. The number of morpholine rings is 1. The van der Waals surface area contributed by atoms with Crippen molar-refractivity contribution in [2.45, 2.75) is 25.9 Å². The van der Waals surface area contributed by atoms with Gasteiger partial charge < -0.3 is 20.1 Å². The van der Waals surface area contributed by atoms with Gasteiger partial charge in [0.05, 0.1) is 38.1 Å². The third kappa shape index (κ3) is 5.71. The second-order valence-corrected chi connectivity index (χ2v) is 8.49. The highest BCUT2D eigenvalue weighted by molar-refractivity contribution is 7.10. The van der Waals surface area contributed by atoms with Crippen molar-refractivity contribution in [2.24, 2.45) is 0 Å². The van der Waals surface area contributed by atoms with Gasteiger partial charge in [-0.25, -0.2) is 0 Å². The smallest absolute Gasteiger partial charge is 0.241 e. The predicted molar refractivity (Wildman–Crippen MR) is 118 cm³/mol. The van der Waals surface area contributed by atoms with Crippen LogP contribution in [0, 0.1) is 6.92 Å². The Morgan fingerprint density at radius 2 is 2.14 bits per heavy atom. The lowest BCUT2D eigenvalue weighted by Gasteiger charge is -2.34. The van der Waals surface area contributed by atoms with Crippen molar-refractivity contribution in [3.8, 4) is 5.75 Å². The minimum absolute atomic E-state index is 0.114. The summed E-state index contributed by atoms with van der Waals surface area (Å²) in [6, 6.07) is 7.63. The molecule has 0 saturated carbocycles. The Kier molecular flexibility index (Phi) is 7.91. The van der Waals surface area contributed by atoms with Crippen molar-refractivity contribution in [2.75, 3.05) is 45.3 Å². The van der Waals surface area contributed by atoms with Crippen LogP contribution < -0.4 is 15.4 Å². The summed E-state index contributed by atoms with van der Waals surface area (Å²) in [7, 11) is 1.56. The molecule has 2 N–H and O–H groups in total. The Morgan fingerprint density at radius 1 is 1.38 bits per heavy atom. The van der Waals surface area contributed by atoms with E-state index in [1.165, 1.54) is 4.88 Å². The number of hydrogen-bond donors (Lipinski definition) is 2. The maximum Gasteiger partial charge on any atom is 0.241 e. The molecule has 2 aromatic rings. The summed E-state index contributed by atoms with van der Waals surface area (Å²) >= 11 is 7.90. The third-order valence-corrected chi connectivity index (χ3v) is 6.49. The predicted octanol–water partition coefficient (Wildman–Crippen LogP) is 3.71. The molecule has 1 aliphatic rings. The highest BCUT2D eigenvalue weighted by Crippen LogP contribution is 2.31. The van der Waals surface area contributed by atoms with Crippen LogP contribution in [0.15, 0.2) is 29.6 Å². The molecule has 0 radical (unpaired) electrons. The van der Waals surface area contributed by atoms with Gasteiger partial charge in [-0.1, -0.05) is 17.7 Å². The van der Waals surface area contributed by atoms with Gasteiger partial charge in [-0.3, -0.25) is 9.69 Å². The zero-order valence-electron chi connectivity index (χ0n) is 17.0. The lowest BCUT2D eigenvalue weighted by atomic mass is 10.1. The largest absolute Gasteiger partial charge is 0.495 e. The van der Waals surface area contributed by atoms with Crippen molar-refractivity contribution in [3.63, 3.8) is 0 Å². The molecule has 6 nitrogen and oxygen atoms in total. The maximum absolute atomic E-state index is 12.8. The van der Waals surface area contributed by atoms with E-state index in [9.17, 15) is 4.79 Å². The van der Waals surface area contributed by atoms with Gasteiger partial charge in [-0.2, -0.15) is 0 Å². The molecule has 0 bridgehead atoms. The van der Waals surface area contributed by atoms with Crippen LogP contribution in [-0.2, 0) is 9.53 Å². The van der Waals surface area contributed by atoms with E-state index in [2.05, 4.69) is 33.0 Å². The van der Waals surface area contributed by atoms with E-state index in [4.69, 9.17) is 21.1 Å². The van der Waals surface area contributed by atoms with E-state index in [0.717, 1.165) is 31.9 Å². The monoisotopic (exact) mass is 437 g/mol. The van der Waals surface area contributed by atoms with E-state index in [-0.39, 0.29) is 18.0 Å². The van der Waals surface area contributed by atoms with E-state index in [1.54, 1.807) is 24.5 Å². The fraction of sp³-hybridized carbons (Fsp3) is 0.476. The normalized spacial score (nSPS) is 17.0. The zero-order valence-corrected chi connectivity index (χ0v) is 18.6. The summed E-state index contributed by atoms with van der Waals surface area (Å²) in [5.74, 6) is 0.433. The van der Waals surface area contributed by atoms with Crippen molar-refractivity contribution in [3.05, 3.63) is 45.1 Å². The summed E-state index contributed by atoms with van der Waals surface area (Å²) in [5.41, 5.74) is 1.50. The molecule has 8 heteroatoms. The number of hydrogen-bond acceptors (Lipinski definition) is 6. The lowest BCUT2D eigenvalue weighted by Crippen LogP contribution is -2.46. The van der Waals surface area contributed by atoms with Crippen LogP contribution in [0.1, 0.15) is 23.4 Å². The molecule has 0 aliphatic carbocycles. The molecule has 1 amide bonds. The molecule has 0 spiro atoms. The molecular formula is C21H28ClN3O3S. The number of methoxy groups -OCH3 is 1. The SMILES string of the molecule is COc1cc(Cl)c(C)cc1NC(=O)C(C)NCC(c1cccs1)N1CCOCC1. The average Bonchev–Trinajstić information content (AvgIpc) is 3.25. The number of aryl methyl sites for hydroxylation is 1. The van der Waals surface area contributed by atoms with Gasteiger partial charge in [0.15, 0.2) is 0 Å². The number of halogens is 1. The highest BCUT2D eigenvalue weighted by Gasteiger charge is 2.25. The molecule has 2 heterocycles. The number of nitrogens with one attached hydrogen (secondary N) is 2. The molecule has 1 aliphatic heterocycles. The fourth-order valence-corrected chi connectivity index (χ4v) is 4.35. The third-order valence-electron chi connectivity index (χ3n) is 5.11. The van der Waals surface area contributed by atoms with Crippen LogP contribution in [0.5, 0.6) is 5.75 Å². The van der Waals surface area contributed by atoms with Crippen molar-refractivity contribution in [1.82, 2.24) is 10.2 Å². The highest BCUT2D eigenvalue weighted by atomic mass is 35.5. The van der Waals surface area contributed by atoms with Gasteiger partial charge in [-0.05, 0) is 36.9 Å². The second kappa shape index (κ2) is 10.4. The molecule has 158 valence electrons. The van der Waals surface area contributed by atoms with Crippen LogP contribution in [0.4, 0.5) is 5.69 Å². The topological polar surface area (TPSA) is 62.8 Å². The quantitative estimate of drug-likeness (QED) is 0.659. The van der Waals surface area contributed by atoms with Gasteiger partial charge in [-0.15, -0.1) is 11.3 Å². The standard InChI is InChI=1S/C21H28ClN3O3S/c1-14-11-17(19(27-3)12-16(14)22)24-21(26)15(2)23-13-18(20-5-4-10-29-20)25-6-8-28-9-7-25/h4-5,10-12,15,18,23H,6-9,13H2,1-3H3,(H,24,26).